The van der Waals surface area contributed by atoms with Crippen LogP contribution in [0.3, 0.4) is 0 Å². The van der Waals surface area contributed by atoms with E-state index in [9.17, 15) is 9.59 Å². The maximum Gasteiger partial charge on any atom is 0.414 e. The van der Waals surface area contributed by atoms with Crippen molar-refractivity contribution in [1.82, 2.24) is 10.2 Å². The van der Waals surface area contributed by atoms with Crippen LogP contribution in [0.2, 0.25) is 0 Å². The maximum atomic E-state index is 12.5. The molecule has 2 aromatic rings. The molecule has 1 aliphatic heterocycles. The van der Waals surface area contributed by atoms with Crippen molar-refractivity contribution < 1.29 is 18.7 Å². The van der Waals surface area contributed by atoms with Crippen LogP contribution in [0.4, 0.5) is 10.5 Å². The van der Waals surface area contributed by atoms with E-state index in [0.717, 1.165) is 5.76 Å². The smallest absolute Gasteiger partial charge is 0.414 e. The molecular formula is C18H21N3O4. The fourth-order valence-corrected chi connectivity index (χ4v) is 2.75. The topological polar surface area (TPSA) is 75.0 Å². The molecule has 2 amide bonds. The number of benzene rings is 1. The Labute approximate surface area is 146 Å². The van der Waals surface area contributed by atoms with Crippen molar-refractivity contribution >= 4 is 17.7 Å². The molecular weight excluding hydrogens is 322 g/mol. The highest BCUT2D eigenvalue weighted by atomic mass is 16.6. The van der Waals surface area contributed by atoms with Gasteiger partial charge in [-0.2, -0.15) is 0 Å². The number of hydrogen-bond donors (Lipinski definition) is 1. The lowest BCUT2D eigenvalue weighted by Gasteiger charge is -2.22. The zero-order valence-electron chi connectivity index (χ0n) is 14.3. The van der Waals surface area contributed by atoms with Gasteiger partial charge in [-0.25, -0.2) is 4.79 Å². The van der Waals surface area contributed by atoms with E-state index in [2.05, 4.69) is 5.32 Å². The minimum atomic E-state index is -0.386. The fraction of sp³-hybridized carbons (Fsp3) is 0.333. The van der Waals surface area contributed by atoms with Gasteiger partial charge in [0.05, 0.1) is 18.8 Å². The van der Waals surface area contributed by atoms with E-state index in [1.54, 1.807) is 30.5 Å². The minimum Gasteiger partial charge on any atom is -0.468 e. The van der Waals surface area contributed by atoms with Crippen LogP contribution in [0.15, 0.2) is 47.1 Å². The van der Waals surface area contributed by atoms with E-state index < -0.39 is 0 Å². The Morgan fingerprint density at radius 2 is 2.16 bits per heavy atom. The molecule has 0 radical (unpaired) electrons. The minimum absolute atomic E-state index is 0.0595. The first-order valence-electron chi connectivity index (χ1n) is 8.08. The second kappa shape index (κ2) is 7.40. The van der Waals surface area contributed by atoms with Gasteiger partial charge in [-0.15, -0.1) is 0 Å². The molecule has 1 aromatic carbocycles. The molecule has 3 rings (SSSR count). The predicted molar refractivity (Wildman–Crippen MR) is 92.6 cm³/mol. The largest absolute Gasteiger partial charge is 0.468 e. The lowest BCUT2D eigenvalue weighted by atomic mass is 10.1. The molecule has 2 heterocycles. The van der Waals surface area contributed by atoms with E-state index in [1.807, 2.05) is 31.1 Å². The molecule has 0 saturated carbocycles. The highest BCUT2D eigenvalue weighted by Crippen LogP contribution is 2.21. The van der Waals surface area contributed by atoms with Crippen molar-refractivity contribution in [3.63, 3.8) is 0 Å². The summed E-state index contributed by atoms with van der Waals surface area (Å²) in [6, 6.07) is 10.6. The van der Waals surface area contributed by atoms with Gasteiger partial charge in [0.1, 0.15) is 12.4 Å². The van der Waals surface area contributed by atoms with Gasteiger partial charge in [-0.1, -0.05) is 6.07 Å². The van der Waals surface area contributed by atoms with Crippen LogP contribution in [0.5, 0.6) is 0 Å². The molecule has 1 fully saturated rings. The van der Waals surface area contributed by atoms with Gasteiger partial charge in [0.15, 0.2) is 0 Å². The molecule has 1 atom stereocenters. The number of anilines is 1. The lowest BCUT2D eigenvalue weighted by molar-refractivity contribution is 0.0939. The van der Waals surface area contributed by atoms with Gasteiger partial charge in [-0.05, 0) is 44.4 Å². The summed E-state index contributed by atoms with van der Waals surface area (Å²) in [6.07, 6.45) is 1.23. The van der Waals surface area contributed by atoms with Crippen LogP contribution >= 0.6 is 0 Å². The normalized spacial score (nSPS) is 15.3. The fourth-order valence-electron chi connectivity index (χ4n) is 2.75. The number of rotatable bonds is 6. The number of furan rings is 1. The number of carbonyl (C=O) groups is 2. The highest BCUT2D eigenvalue weighted by molar-refractivity contribution is 5.97. The summed E-state index contributed by atoms with van der Waals surface area (Å²) >= 11 is 0. The van der Waals surface area contributed by atoms with Crippen molar-refractivity contribution in [3.05, 3.63) is 54.0 Å². The van der Waals surface area contributed by atoms with E-state index in [-0.39, 0.29) is 18.0 Å². The molecule has 0 spiro atoms. The molecule has 0 bridgehead atoms. The summed E-state index contributed by atoms with van der Waals surface area (Å²) in [5, 5.41) is 2.92. The summed E-state index contributed by atoms with van der Waals surface area (Å²) in [5.41, 5.74) is 1.15. The first kappa shape index (κ1) is 17.0. The van der Waals surface area contributed by atoms with Gasteiger partial charge in [-0.3, -0.25) is 14.6 Å². The van der Waals surface area contributed by atoms with Crippen LogP contribution < -0.4 is 10.2 Å². The summed E-state index contributed by atoms with van der Waals surface area (Å²) in [5.74, 6) is 0.590. The van der Waals surface area contributed by atoms with Crippen molar-refractivity contribution in [2.45, 2.75) is 6.04 Å². The quantitative estimate of drug-likeness (QED) is 0.871. The summed E-state index contributed by atoms with van der Waals surface area (Å²) in [7, 11) is 3.86. The molecule has 1 aliphatic rings. The third kappa shape index (κ3) is 3.83. The number of ether oxygens (including phenoxy) is 1. The molecule has 1 saturated heterocycles. The lowest BCUT2D eigenvalue weighted by Crippen LogP contribution is -2.34. The number of amides is 2. The van der Waals surface area contributed by atoms with Gasteiger partial charge in [0, 0.05) is 17.8 Å². The molecule has 1 N–H and O–H groups in total. The number of cyclic esters (lactones) is 1. The molecule has 132 valence electrons. The third-order valence-electron chi connectivity index (χ3n) is 4.13. The SMILES string of the molecule is CN(C)[C@@H](CNC(=O)c1cccc(N2CCOC2=O)c1)c1ccco1. The van der Waals surface area contributed by atoms with Crippen LogP contribution in [0, 0.1) is 0 Å². The Kier molecular flexibility index (Phi) is 5.04. The highest BCUT2D eigenvalue weighted by Gasteiger charge is 2.24. The Morgan fingerprint density at radius 3 is 2.80 bits per heavy atom. The van der Waals surface area contributed by atoms with Gasteiger partial charge in [0.2, 0.25) is 0 Å². The van der Waals surface area contributed by atoms with Crippen molar-refractivity contribution in [1.29, 1.82) is 0 Å². The molecule has 0 aliphatic carbocycles. The van der Waals surface area contributed by atoms with Crippen LogP contribution in [-0.4, -0.2) is 50.7 Å². The van der Waals surface area contributed by atoms with Gasteiger partial charge in [0.25, 0.3) is 5.91 Å². The summed E-state index contributed by atoms with van der Waals surface area (Å²) < 4.78 is 10.4. The number of nitrogens with one attached hydrogen (secondary N) is 1. The van der Waals surface area contributed by atoms with E-state index in [4.69, 9.17) is 9.15 Å². The average molecular weight is 343 g/mol. The molecule has 7 nitrogen and oxygen atoms in total. The Balaban J connectivity index is 1.68. The predicted octanol–water partition coefficient (Wildman–Crippen LogP) is 2.27. The van der Waals surface area contributed by atoms with Crippen molar-refractivity contribution in [2.75, 3.05) is 38.7 Å². The zero-order valence-corrected chi connectivity index (χ0v) is 14.3. The number of hydrogen-bond acceptors (Lipinski definition) is 5. The van der Waals surface area contributed by atoms with Gasteiger partial charge >= 0.3 is 6.09 Å². The van der Waals surface area contributed by atoms with Crippen molar-refractivity contribution in [3.8, 4) is 0 Å². The standard InChI is InChI=1S/C18H21N3O4/c1-20(2)15(16-7-4-9-24-16)12-19-17(22)13-5-3-6-14(11-13)21-8-10-25-18(21)23/h3-7,9,11,15H,8,10,12H2,1-2H3,(H,19,22)/t15-/m0/s1. The van der Waals surface area contributed by atoms with Gasteiger partial charge < -0.3 is 14.5 Å². The second-order valence-electron chi connectivity index (χ2n) is 6.02. The first-order chi connectivity index (χ1) is 12.1. The Morgan fingerprint density at radius 1 is 1.32 bits per heavy atom. The number of nitrogens with zero attached hydrogens (tertiary/aromatic N) is 2. The maximum absolute atomic E-state index is 12.5. The Hall–Kier alpha value is -2.80. The van der Waals surface area contributed by atoms with Crippen LogP contribution in [-0.2, 0) is 4.74 Å². The first-order valence-corrected chi connectivity index (χ1v) is 8.08. The van der Waals surface area contributed by atoms with E-state index in [1.165, 1.54) is 4.90 Å². The number of carbonyl (C=O) groups excluding carboxylic acids is 2. The van der Waals surface area contributed by atoms with Crippen LogP contribution in [0.1, 0.15) is 22.2 Å². The monoisotopic (exact) mass is 343 g/mol. The molecule has 0 unspecified atom stereocenters. The van der Waals surface area contributed by atoms with E-state index >= 15 is 0 Å². The summed E-state index contributed by atoms with van der Waals surface area (Å²) in [6.45, 7) is 1.27. The number of likely N-dealkylation sites (N-methyl/N-ethyl adjacent to an activating group) is 1. The third-order valence-corrected chi connectivity index (χ3v) is 4.13. The Bertz CT molecular complexity index is 743. The average Bonchev–Trinajstić information content (AvgIpc) is 3.26. The molecule has 1 aromatic heterocycles. The summed E-state index contributed by atoms with van der Waals surface area (Å²) in [4.78, 5) is 27.7. The molecule has 25 heavy (non-hydrogen) atoms. The molecule has 7 heteroatoms. The zero-order chi connectivity index (χ0) is 17.8. The van der Waals surface area contributed by atoms with Crippen LogP contribution in [0.25, 0.3) is 0 Å². The second-order valence-corrected chi connectivity index (χ2v) is 6.02. The van der Waals surface area contributed by atoms with E-state index in [0.29, 0.717) is 30.9 Å². The van der Waals surface area contributed by atoms with Crippen molar-refractivity contribution in [2.24, 2.45) is 0 Å².